The molecule has 0 bridgehead atoms. The Kier molecular flexibility index (Phi) is 8.47. The van der Waals surface area contributed by atoms with Crippen LogP contribution >= 0.6 is 11.3 Å². The highest BCUT2D eigenvalue weighted by atomic mass is 32.2. The van der Waals surface area contributed by atoms with Gasteiger partial charge in [0.1, 0.15) is 10.7 Å². The standard InChI is InChI=1S/C25H24FN5O6S2/c1-3-13-29(14-4-2)39(35,36)20-9-5-17(6-10-20)24(32)30(27-16-19-8-12-23(37-19)31(33)34)25-28-21-11-7-18(26)15-22(21)38-25/h5-12,15-16H,3-4,13-14H2,1-2H3/b27-16+. The zero-order chi connectivity index (χ0) is 28.2. The molecule has 4 aromatic rings. The van der Waals surface area contributed by atoms with E-state index in [0.29, 0.717) is 36.1 Å². The van der Waals surface area contributed by atoms with Gasteiger partial charge in [-0.15, -0.1) is 0 Å². The zero-order valence-corrected chi connectivity index (χ0v) is 22.6. The van der Waals surface area contributed by atoms with E-state index in [4.69, 9.17) is 4.42 Å². The molecular formula is C25H24FN5O6S2. The highest BCUT2D eigenvalue weighted by Gasteiger charge is 2.25. The lowest BCUT2D eigenvalue weighted by atomic mass is 10.2. The Morgan fingerprint density at radius 3 is 2.44 bits per heavy atom. The zero-order valence-electron chi connectivity index (χ0n) is 21.0. The molecule has 0 aliphatic rings. The Morgan fingerprint density at radius 2 is 1.82 bits per heavy atom. The molecule has 39 heavy (non-hydrogen) atoms. The van der Waals surface area contributed by atoms with Crippen LogP contribution in [0.5, 0.6) is 0 Å². The Bertz CT molecular complexity index is 1630. The molecule has 0 unspecified atom stereocenters. The molecule has 2 heterocycles. The fourth-order valence-electron chi connectivity index (χ4n) is 3.68. The van der Waals surface area contributed by atoms with Gasteiger partial charge in [0, 0.05) is 18.7 Å². The second-order valence-electron chi connectivity index (χ2n) is 8.33. The van der Waals surface area contributed by atoms with Crippen LogP contribution in [0.15, 0.2) is 69.0 Å². The maximum absolute atomic E-state index is 13.7. The largest absolute Gasteiger partial charge is 0.433 e. The Hall–Kier alpha value is -4.01. The van der Waals surface area contributed by atoms with Gasteiger partial charge in [-0.1, -0.05) is 25.2 Å². The minimum Gasteiger partial charge on any atom is -0.400 e. The molecule has 1 amide bonds. The minimum absolute atomic E-state index is 0.0139. The first kappa shape index (κ1) is 28.0. The first-order chi connectivity index (χ1) is 18.6. The predicted molar refractivity (Wildman–Crippen MR) is 145 cm³/mol. The molecule has 0 saturated carbocycles. The Labute approximate surface area is 227 Å². The van der Waals surface area contributed by atoms with Crippen LogP contribution in [0.2, 0.25) is 0 Å². The van der Waals surface area contributed by atoms with Crippen molar-refractivity contribution in [1.82, 2.24) is 9.29 Å². The quantitative estimate of drug-likeness (QED) is 0.132. The SMILES string of the molecule is CCCN(CCC)S(=O)(=O)c1ccc(C(=O)N(/N=C/c2ccc([N+](=O)[O-])o2)c2nc3ccc(F)cc3s2)cc1. The lowest BCUT2D eigenvalue weighted by molar-refractivity contribution is -0.402. The predicted octanol–water partition coefficient (Wildman–Crippen LogP) is 5.43. The summed E-state index contributed by atoms with van der Waals surface area (Å²) in [6.07, 6.45) is 2.44. The first-order valence-electron chi connectivity index (χ1n) is 11.9. The van der Waals surface area contributed by atoms with E-state index in [1.807, 2.05) is 13.8 Å². The summed E-state index contributed by atoms with van der Waals surface area (Å²) in [6.45, 7) is 4.55. The van der Waals surface area contributed by atoms with Gasteiger partial charge < -0.3 is 4.42 Å². The van der Waals surface area contributed by atoms with Gasteiger partial charge in [-0.2, -0.15) is 14.4 Å². The number of hydrogen-bond donors (Lipinski definition) is 0. The molecule has 4 rings (SSSR count). The number of benzene rings is 2. The van der Waals surface area contributed by atoms with Gasteiger partial charge in [0.05, 0.1) is 27.4 Å². The van der Waals surface area contributed by atoms with Crippen LogP contribution in [0.1, 0.15) is 42.8 Å². The molecule has 204 valence electrons. The summed E-state index contributed by atoms with van der Waals surface area (Å²) in [5.41, 5.74) is 0.547. The van der Waals surface area contributed by atoms with Crippen LogP contribution in [0.25, 0.3) is 10.2 Å². The number of carbonyl (C=O) groups is 1. The number of sulfonamides is 1. The van der Waals surface area contributed by atoms with Crippen molar-refractivity contribution in [2.75, 3.05) is 18.1 Å². The third kappa shape index (κ3) is 6.19. The van der Waals surface area contributed by atoms with Crippen LogP contribution in [0.3, 0.4) is 0 Å². The fourth-order valence-corrected chi connectivity index (χ4v) is 6.25. The molecule has 2 aromatic carbocycles. The van der Waals surface area contributed by atoms with Gasteiger partial charge >= 0.3 is 5.88 Å². The number of halogens is 1. The summed E-state index contributed by atoms with van der Waals surface area (Å²) in [6, 6.07) is 11.9. The topological polar surface area (TPSA) is 139 Å². The average Bonchev–Trinajstić information content (AvgIpc) is 3.56. The molecule has 14 heteroatoms. The molecule has 2 aromatic heterocycles. The summed E-state index contributed by atoms with van der Waals surface area (Å²) >= 11 is 1.01. The number of nitro groups is 1. The summed E-state index contributed by atoms with van der Waals surface area (Å²) < 4.78 is 46.9. The minimum atomic E-state index is -3.75. The van der Waals surface area contributed by atoms with Gasteiger partial charge in [-0.25, -0.2) is 17.8 Å². The van der Waals surface area contributed by atoms with Crippen molar-refractivity contribution < 1.29 is 26.9 Å². The van der Waals surface area contributed by atoms with Gasteiger partial charge in [0.25, 0.3) is 5.91 Å². The number of furan rings is 1. The summed E-state index contributed by atoms with van der Waals surface area (Å²) in [5.74, 6) is -1.62. The van der Waals surface area contributed by atoms with Crippen molar-refractivity contribution in [1.29, 1.82) is 0 Å². The van der Waals surface area contributed by atoms with E-state index >= 15 is 0 Å². The maximum atomic E-state index is 13.7. The van der Waals surface area contributed by atoms with E-state index in [0.717, 1.165) is 28.6 Å². The van der Waals surface area contributed by atoms with Crippen molar-refractivity contribution in [3.8, 4) is 0 Å². The maximum Gasteiger partial charge on any atom is 0.433 e. The highest BCUT2D eigenvalue weighted by Crippen LogP contribution is 2.31. The molecular weight excluding hydrogens is 549 g/mol. The lowest BCUT2D eigenvalue weighted by Gasteiger charge is -2.21. The molecule has 0 saturated heterocycles. The van der Waals surface area contributed by atoms with Gasteiger partial charge in [0.2, 0.25) is 15.2 Å². The molecule has 0 radical (unpaired) electrons. The third-order valence-corrected chi connectivity index (χ3v) is 8.40. The molecule has 0 atom stereocenters. The number of fused-ring (bicyclic) bond motifs is 1. The van der Waals surface area contributed by atoms with Crippen molar-refractivity contribution in [2.24, 2.45) is 5.10 Å². The number of aromatic nitrogens is 1. The van der Waals surface area contributed by atoms with E-state index in [1.165, 1.54) is 52.8 Å². The van der Waals surface area contributed by atoms with Gasteiger partial charge in [-0.3, -0.25) is 14.9 Å². The molecule has 0 spiro atoms. The number of anilines is 1. The second kappa shape index (κ2) is 11.8. The van der Waals surface area contributed by atoms with Crippen molar-refractivity contribution in [3.63, 3.8) is 0 Å². The number of hydrazone groups is 1. The van der Waals surface area contributed by atoms with Crippen LogP contribution < -0.4 is 5.01 Å². The molecule has 0 N–H and O–H groups in total. The average molecular weight is 574 g/mol. The lowest BCUT2D eigenvalue weighted by Crippen LogP contribution is -2.32. The van der Waals surface area contributed by atoms with Crippen molar-refractivity contribution in [2.45, 2.75) is 31.6 Å². The van der Waals surface area contributed by atoms with Gasteiger partial charge in [-0.05, 0) is 61.4 Å². The number of rotatable bonds is 11. The first-order valence-corrected chi connectivity index (χ1v) is 14.2. The summed E-state index contributed by atoms with van der Waals surface area (Å²) in [4.78, 5) is 28.2. The van der Waals surface area contributed by atoms with E-state index in [2.05, 4.69) is 10.1 Å². The Morgan fingerprint density at radius 1 is 1.13 bits per heavy atom. The monoisotopic (exact) mass is 573 g/mol. The summed E-state index contributed by atoms with van der Waals surface area (Å²) in [5, 5.41) is 16.1. The molecule has 0 aliphatic heterocycles. The number of hydrogen-bond acceptors (Lipinski definition) is 9. The van der Waals surface area contributed by atoms with Crippen LogP contribution in [0.4, 0.5) is 15.4 Å². The van der Waals surface area contributed by atoms with E-state index in [1.54, 1.807) is 0 Å². The number of thiazole rings is 1. The van der Waals surface area contributed by atoms with Crippen LogP contribution in [-0.4, -0.2) is 47.8 Å². The Balaban J connectivity index is 1.69. The number of nitrogens with zero attached hydrogens (tertiary/aromatic N) is 5. The molecule has 0 fully saturated rings. The van der Waals surface area contributed by atoms with Crippen molar-refractivity contribution in [3.05, 3.63) is 81.9 Å². The summed E-state index contributed by atoms with van der Waals surface area (Å²) in [7, 11) is -3.75. The fraction of sp³-hybridized carbons (Fsp3) is 0.240. The van der Waals surface area contributed by atoms with E-state index < -0.39 is 32.6 Å². The van der Waals surface area contributed by atoms with E-state index in [9.17, 15) is 27.7 Å². The molecule has 11 nitrogen and oxygen atoms in total. The number of carbonyl (C=O) groups excluding carboxylic acids is 1. The normalized spacial score (nSPS) is 12.0. The highest BCUT2D eigenvalue weighted by molar-refractivity contribution is 7.89. The second-order valence-corrected chi connectivity index (χ2v) is 11.3. The third-order valence-electron chi connectivity index (χ3n) is 5.49. The van der Waals surface area contributed by atoms with Gasteiger partial charge in [0.15, 0.2) is 5.76 Å². The molecule has 0 aliphatic carbocycles. The number of amides is 1. The smallest absolute Gasteiger partial charge is 0.400 e. The van der Waals surface area contributed by atoms with Crippen LogP contribution in [-0.2, 0) is 10.0 Å². The van der Waals surface area contributed by atoms with Crippen LogP contribution in [0, 0.1) is 15.9 Å². The van der Waals surface area contributed by atoms with Crippen molar-refractivity contribution >= 4 is 54.7 Å². The van der Waals surface area contributed by atoms with E-state index in [-0.39, 0.29) is 21.4 Å².